The zero-order valence-electron chi connectivity index (χ0n) is 16.6. The van der Waals surface area contributed by atoms with Crippen molar-refractivity contribution in [3.63, 3.8) is 0 Å². The molecule has 28 heavy (non-hydrogen) atoms. The SMILES string of the molecule is Cc1ccc2[n+](c1C)C1(OC(C)CC(C)O1)[n+]1c-2ccc2cc(C#N)ccc21. The highest BCUT2D eigenvalue weighted by Gasteiger charge is 2.68. The number of nitriles is 1. The summed E-state index contributed by atoms with van der Waals surface area (Å²) >= 11 is 0. The van der Waals surface area contributed by atoms with Crippen molar-refractivity contribution in [3.8, 4) is 17.5 Å². The molecule has 5 heteroatoms. The second-order valence-corrected chi connectivity index (χ2v) is 7.90. The van der Waals surface area contributed by atoms with Crippen molar-refractivity contribution in [1.82, 2.24) is 0 Å². The van der Waals surface area contributed by atoms with Crippen LogP contribution >= 0.6 is 0 Å². The Hall–Kier alpha value is -2.81. The van der Waals surface area contributed by atoms with Crippen LogP contribution in [0.3, 0.4) is 0 Å². The summed E-state index contributed by atoms with van der Waals surface area (Å²) in [5, 5.41) is 10.3. The van der Waals surface area contributed by atoms with Crippen LogP contribution < -0.4 is 9.13 Å². The van der Waals surface area contributed by atoms with Crippen molar-refractivity contribution in [2.45, 2.75) is 52.4 Å². The van der Waals surface area contributed by atoms with Crippen LogP contribution in [0.4, 0.5) is 0 Å². The molecule has 1 spiro atoms. The second kappa shape index (κ2) is 5.84. The van der Waals surface area contributed by atoms with Crippen molar-refractivity contribution in [1.29, 1.82) is 5.26 Å². The van der Waals surface area contributed by atoms with E-state index in [1.807, 2.05) is 18.2 Å². The lowest BCUT2D eigenvalue weighted by Gasteiger charge is -2.31. The highest BCUT2D eigenvalue weighted by molar-refractivity contribution is 5.79. The molecule has 2 aliphatic rings. The maximum atomic E-state index is 9.30. The molecule has 5 nitrogen and oxygen atoms in total. The van der Waals surface area contributed by atoms with Gasteiger partial charge in [0.2, 0.25) is 5.52 Å². The molecule has 0 saturated carbocycles. The molecule has 140 valence electrons. The van der Waals surface area contributed by atoms with E-state index in [-0.39, 0.29) is 12.2 Å². The van der Waals surface area contributed by atoms with Crippen LogP contribution in [0.15, 0.2) is 42.5 Å². The number of hydrogen-bond acceptors (Lipinski definition) is 3. The quantitative estimate of drug-likeness (QED) is 0.569. The standard InChI is InChI=1S/C23H23N3O2/c1-14-5-8-21-22-10-7-19-12-18(13-24)6-9-20(19)26(22)23(25(21)17(14)4)27-15(2)11-16(3)28-23/h5-10,12,15-16H,11H2,1-4H3/q+2. The number of hydrogen-bond donors (Lipinski definition) is 0. The lowest BCUT2D eigenvalue weighted by atomic mass is 10.1. The highest BCUT2D eigenvalue weighted by atomic mass is 16.8. The van der Waals surface area contributed by atoms with Crippen LogP contribution in [0.1, 0.15) is 37.1 Å². The van der Waals surface area contributed by atoms with E-state index >= 15 is 0 Å². The number of aryl methyl sites for hydroxylation is 1. The van der Waals surface area contributed by atoms with Crippen LogP contribution in [0, 0.1) is 25.2 Å². The summed E-state index contributed by atoms with van der Waals surface area (Å²) in [5.41, 5.74) is 6.04. The molecular formula is C23H23N3O2+2. The molecule has 5 rings (SSSR count). The molecule has 0 amide bonds. The molecule has 2 unspecified atom stereocenters. The first-order valence-electron chi connectivity index (χ1n) is 9.73. The summed E-state index contributed by atoms with van der Waals surface area (Å²) in [6, 6.07) is 15.4. The number of nitrogens with zero attached hydrogens (tertiary/aromatic N) is 3. The van der Waals surface area contributed by atoms with Gasteiger partial charge in [0.15, 0.2) is 5.69 Å². The number of aromatic nitrogens is 2. The Morgan fingerprint density at radius 3 is 2.36 bits per heavy atom. The van der Waals surface area contributed by atoms with E-state index in [2.05, 4.69) is 67.2 Å². The van der Waals surface area contributed by atoms with E-state index < -0.39 is 6.03 Å². The fraction of sp³-hybridized carbons (Fsp3) is 0.348. The molecule has 2 aromatic heterocycles. The van der Waals surface area contributed by atoms with Gasteiger partial charge in [-0.25, -0.2) is 9.47 Å². The maximum absolute atomic E-state index is 9.30. The molecule has 1 saturated heterocycles. The molecule has 0 bridgehead atoms. The summed E-state index contributed by atoms with van der Waals surface area (Å²) < 4.78 is 17.5. The third-order valence-corrected chi connectivity index (χ3v) is 5.90. The highest BCUT2D eigenvalue weighted by Crippen LogP contribution is 2.35. The summed E-state index contributed by atoms with van der Waals surface area (Å²) in [6.07, 6.45) is 0.953. The summed E-state index contributed by atoms with van der Waals surface area (Å²) in [7, 11) is 0. The molecular weight excluding hydrogens is 350 g/mol. The van der Waals surface area contributed by atoms with Gasteiger partial charge in [-0.15, -0.1) is 0 Å². The average Bonchev–Trinajstić information content (AvgIpc) is 2.93. The Balaban J connectivity index is 1.91. The summed E-state index contributed by atoms with van der Waals surface area (Å²) in [4.78, 5) is 0. The Bertz CT molecular complexity index is 1170. The minimum atomic E-state index is -1.06. The van der Waals surface area contributed by atoms with E-state index in [4.69, 9.17) is 9.47 Å². The first-order valence-corrected chi connectivity index (χ1v) is 9.73. The fourth-order valence-electron chi connectivity index (χ4n) is 4.59. The minimum Gasteiger partial charge on any atom is -0.229 e. The van der Waals surface area contributed by atoms with Gasteiger partial charge in [0.1, 0.15) is 0 Å². The van der Waals surface area contributed by atoms with Crippen molar-refractivity contribution in [3.05, 3.63) is 59.3 Å². The molecule has 1 aromatic carbocycles. The zero-order valence-corrected chi connectivity index (χ0v) is 16.6. The van der Waals surface area contributed by atoms with Crippen LogP contribution in [0.5, 0.6) is 0 Å². The van der Waals surface area contributed by atoms with Crippen molar-refractivity contribution in [2.24, 2.45) is 0 Å². The van der Waals surface area contributed by atoms with Crippen molar-refractivity contribution < 1.29 is 18.6 Å². The van der Waals surface area contributed by atoms with Crippen LogP contribution in [-0.4, -0.2) is 12.2 Å². The molecule has 2 aliphatic heterocycles. The van der Waals surface area contributed by atoms with E-state index in [1.165, 1.54) is 5.56 Å². The van der Waals surface area contributed by atoms with Gasteiger partial charge in [-0.3, -0.25) is 0 Å². The topological polar surface area (TPSA) is 50.0 Å². The van der Waals surface area contributed by atoms with Gasteiger partial charge < -0.3 is 0 Å². The number of fused-ring (bicyclic) bond motifs is 7. The average molecular weight is 373 g/mol. The number of rotatable bonds is 0. The Labute approximate surface area is 164 Å². The van der Waals surface area contributed by atoms with Gasteiger partial charge in [0.05, 0.1) is 23.8 Å². The molecule has 3 aromatic rings. The number of ether oxygens (including phenoxy) is 2. The van der Waals surface area contributed by atoms with Gasteiger partial charge in [0.25, 0.3) is 11.4 Å². The smallest absolute Gasteiger partial charge is 0.229 e. The first kappa shape index (κ1) is 17.3. The Morgan fingerprint density at radius 2 is 1.64 bits per heavy atom. The maximum Gasteiger partial charge on any atom is 0.623 e. The van der Waals surface area contributed by atoms with E-state index in [0.29, 0.717) is 5.56 Å². The third-order valence-electron chi connectivity index (χ3n) is 5.90. The van der Waals surface area contributed by atoms with Gasteiger partial charge in [-0.2, -0.15) is 5.26 Å². The zero-order chi connectivity index (χ0) is 19.6. The Kier molecular flexibility index (Phi) is 3.61. The Morgan fingerprint density at radius 1 is 0.964 bits per heavy atom. The molecule has 2 atom stereocenters. The van der Waals surface area contributed by atoms with Gasteiger partial charge in [-0.1, -0.05) is 9.13 Å². The normalized spacial score (nSPS) is 25.5. The number of benzene rings is 1. The lowest BCUT2D eigenvalue weighted by molar-refractivity contribution is -1.05. The monoisotopic (exact) mass is 373 g/mol. The van der Waals surface area contributed by atoms with E-state index in [0.717, 1.165) is 34.4 Å². The predicted molar refractivity (Wildman–Crippen MR) is 103 cm³/mol. The van der Waals surface area contributed by atoms with E-state index in [1.54, 1.807) is 0 Å². The minimum absolute atomic E-state index is 0.0519. The molecule has 0 N–H and O–H groups in total. The second-order valence-electron chi connectivity index (χ2n) is 7.90. The predicted octanol–water partition coefficient (Wildman–Crippen LogP) is 3.21. The largest absolute Gasteiger partial charge is 0.623 e. The molecule has 0 radical (unpaired) electrons. The van der Waals surface area contributed by atoms with Crippen LogP contribution in [-0.2, 0) is 15.5 Å². The van der Waals surface area contributed by atoms with E-state index in [9.17, 15) is 5.26 Å². The lowest BCUT2D eigenvalue weighted by Crippen LogP contribution is -2.76. The summed E-state index contributed by atoms with van der Waals surface area (Å²) in [5.74, 6) is 0. The van der Waals surface area contributed by atoms with Gasteiger partial charge >= 0.3 is 6.03 Å². The third kappa shape index (κ3) is 2.19. The van der Waals surface area contributed by atoms with Crippen LogP contribution in [0.25, 0.3) is 22.3 Å². The van der Waals surface area contributed by atoms with Crippen molar-refractivity contribution in [2.75, 3.05) is 0 Å². The van der Waals surface area contributed by atoms with Gasteiger partial charge in [-0.05, 0) is 45.0 Å². The van der Waals surface area contributed by atoms with Crippen LogP contribution in [0.2, 0.25) is 0 Å². The van der Waals surface area contributed by atoms with Gasteiger partial charge in [0, 0.05) is 42.5 Å². The molecule has 1 fully saturated rings. The number of pyridine rings is 2. The molecule has 0 aliphatic carbocycles. The first-order chi connectivity index (χ1) is 13.4. The summed E-state index contributed by atoms with van der Waals surface area (Å²) in [6.45, 7) is 8.42. The fourth-order valence-corrected chi connectivity index (χ4v) is 4.59. The van der Waals surface area contributed by atoms with Crippen molar-refractivity contribution >= 4 is 10.9 Å². The molecule has 4 heterocycles.